The fourth-order valence-electron chi connectivity index (χ4n) is 1.35. The molecule has 0 heterocycles. The van der Waals surface area contributed by atoms with E-state index in [1.165, 1.54) is 6.92 Å². The molecule has 0 aromatic heterocycles. The molecule has 3 heteroatoms. The molecule has 0 bridgehead atoms. The Bertz CT molecular complexity index is 334. The van der Waals surface area contributed by atoms with Crippen LogP contribution in [0.3, 0.4) is 0 Å². The van der Waals surface area contributed by atoms with Gasteiger partial charge in [-0.15, -0.1) is 0 Å². The summed E-state index contributed by atoms with van der Waals surface area (Å²) < 4.78 is 5.09. The van der Waals surface area contributed by atoms with Crippen molar-refractivity contribution >= 4 is 5.78 Å². The number of Topliss-reactive ketones (excluding diaryl/α,β-unsaturated/α-hetero) is 1. The van der Waals surface area contributed by atoms with Crippen LogP contribution in [-0.2, 0) is 6.42 Å². The number of carbonyl (C=O) groups excluding carboxylic acids is 1. The van der Waals surface area contributed by atoms with Gasteiger partial charge in [-0.2, -0.15) is 0 Å². The molecular formula is C11H15NO2. The van der Waals surface area contributed by atoms with E-state index in [-0.39, 0.29) is 5.78 Å². The second-order valence-electron chi connectivity index (χ2n) is 3.13. The summed E-state index contributed by atoms with van der Waals surface area (Å²) in [5, 5.41) is 0. The highest BCUT2D eigenvalue weighted by atomic mass is 16.5. The summed E-state index contributed by atoms with van der Waals surface area (Å²) in [6.45, 7) is 2.12. The number of ketones is 1. The first-order chi connectivity index (χ1) is 6.69. The highest BCUT2D eigenvalue weighted by Gasteiger charge is 2.08. The van der Waals surface area contributed by atoms with E-state index in [1.54, 1.807) is 7.11 Å². The maximum atomic E-state index is 11.3. The van der Waals surface area contributed by atoms with Gasteiger partial charge in [0.2, 0.25) is 0 Å². The zero-order valence-corrected chi connectivity index (χ0v) is 8.54. The molecular weight excluding hydrogens is 178 g/mol. The predicted octanol–water partition coefficient (Wildman–Crippen LogP) is 1.40. The molecule has 0 unspecified atom stereocenters. The van der Waals surface area contributed by atoms with Crippen molar-refractivity contribution in [3.05, 3.63) is 29.3 Å². The Labute approximate surface area is 83.9 Å². The lowest BCUT2D eigenvalue weighted by Gasteiger charge is -2.07. The van der Waals surface area contributed by atoms with E-state index in [0.717, 1.165) is 12.0 Å². The molecule has 0 saturated carbocycles. The minimum absolute atomic E-state index is 0.0146. The minimum atomic E-state index is 0.0146. The first-order valence-electron chi connectivity index (χ1n) is 4.57. The maximum Gasteiger partial charge on any atom is 0.163 e. The van der Waals surface area contributed by atoms with Crippen molar-refractivity contribution in [1.29, 1.82) is 0 Å². The summed E-state index contributed by atoms with van der Waals surface area (Å²) in [7, 11) is 1.56. The molecule has 76 valence electrons. The van der Waals surface area contributed by atoms with E-state index >= 15 is 0 Å². The summed E-state index contributed by atoms with van der Waals surface area (Å²) in [6.07, 6.45) is 0.782. The van der Waals surface area contributed by atoms with Crippen LogP contribution < -0.4 is 10.5 Å². The Balaban J connectivity index is 3.07. The van der Waals surface area contributed by atoms with Crippen molar-refractivity contribution < 1.29 is 9.53 Å². The molecule has 0 aliphatic rings. The highest BCUT2D eigenvalue weighted by Crippen LogP contribution is 2.20. The maximum absolute atomic E-state index is 11.3. The second kappa shape index (κ2) is 4.77. The molecule has 1 aromatic carbocycles. The lowest BCUT2D eigenvalue weighted by molar-refractivity contribution is 0.101. The average Bonchev–Trinajstić information content (AvgIpc) is 2.18. The molecule has 0 aliphatic heterocycles. The zero-order valence-electron chi connectivity index (χ0n) is 8.54. The van der Waals surface area contributed by atoms with Crippen LogP contribution in [0, 0.1) is 0 Å². The lowest BCUT2D eigenvalue weighted by atomic mass is 10.0. The Morgan fingerprint density at radius 1 is 1.50 bits per heavy atom. The Kier molecular flexibility index (Phi) is 3.65. The number of carbonyl (C=O) groups is 1. The molecule has 0 saturated heterocycles. The SMILES string of the molecule is COc1ccc(CCN)cc1C(C)=O. The number of hydrogen-bond acceptors (Lipinski definition) is 3. The van der Waals surface area contributed by atoms with Crippen LogP contribution in [0.5, 0.6) is 5.75 Å². The van der Waals surface area contributed by atoms with Gasteiger partial charge in [0, 0.05) is 0 Å². The third-order valence-electron chi connectivity index (χ3n) is 2.08. The van der Waals surface area contributed by atoms with Crippen LogP contribution in [0.4, 0.5) is 0 Å². The van der Waals surface area contributed by atoms with Gasteiger partial charge < -0.3 is 10.5 Å². The van der Waals surface area contributed by atoms with Gasteiger partial charge in [-0.25, -0.2) is 0 Å². The fourth-order valence-corrected chi connectivity index (χ4v) is 1.35. The van der Waals surface area contributed by atoms with Crippen molar-refractivity contribution in [2.24, 2.45) is 5.73 Å². The van der Waals surface area contributed by atoms with Gasteiger partial charge >= 0.3 is 0 Å². The first kappa shape index (κ1) is 10.7. The molecule has 1 rings (SSSR count). The molecule has 2 N–H and O–H groups in total. The number of benzene rings is 1. The summed E-state index contributed by atoms with van der Waals surface area (Å²) in [5.41, 5.74) is 7.13. The second-order valence-corrected chi connectivity index (χ2v) is 3.13. The van der Waals surface area contributed by atoms with Crippen LogP contribution >= 0.6 is 0 Å². The van der Waals surface area contributed by atoms with Gasteiger partial charge in [0.05, 0.1) is 12.7 Å². The smallest absolute Gasteiger partial charge is 0.163 e. The first-order valence-corrected chi connectivity index (χ1v) is 4.57. The number of nitrogens with two attached hydrogens (primary N) is 1. The van der Waals surface area contributed by atoms with Crippen molar-refractivity contribution in [3.8, 4) is 5.75 Å². The zero-order chi connectivity index (χ0) is 10.6. The Morgan fingerprint density at radius 3 is 2.71 bits per heavy atom. The quantitative estimate of drug-likeness (QED) is 0.735. The van der Waals surface area contributed by atoms with Crippen molar-refractivity contribution in [3.63, 3.8) is 0 Å². The summed E-state index contributed by atoms with van der Waals surface area (Å²) in [5.74, 6) is 0.638. The van der Waals surface area contributed by atoms with Crippen LogP contribution in [0.1, 0.15) is 22.8 Å². The van der Waals surface area contributed by atoms with Gasteiger partial charge in [-0.1, -0.05) is 6.07 Å². The standard InChI is InChI=1S/C11H15NO2/c1-8(13)10-7-9(5-6-12)3-4-11(10)14-2/h3-4,7H,5-6,12H2,1-2H3. The van der Waals surface area contributed by atoms with Crippen LogP contribution in [-0.4, -0.2) is 19.4 Å². The van der Waals surface area contributed by atoms with Crippen molar-refractivity contribution in [1.82, 2.24) is 0 Å². The van der Waals surface area contributed by atoms with Crippen LogP contribution in [0.15, 0.2) is 18.2 Å². The van der Waals surface area contributed by atoms with Gasteiger partial charge in [-0.3, -0.25) is 4.79 Å². The molecule has 0 spiro atoms. The van der Waals surface area contributed by atoms with E-state index in [9.17, 15) is 4.79 Å². The van der Waals surface area contributed by atoms with E-state index in [1.807, 2.05) is 18.2 Å². The molecule has 0 atom stereocenters. The molecule has 0 amide bonds. The van der Waals surface area contributed by atoms with Gasteiger partial charge in [0.25, 0.3) is 0 Å². The number of hydrogen-bond donors (Lipinski definition) is 1. The van der Waals surface area contributed by atoms with Gasteiger partial charge in [0.15, 0.2) is 5.78 Å². The number of ether oxygens (including phenoxy) is 1. The predicted molar refractivity (Wildman–Crippen MR) is 55.8 cm³/mol. The largest absolute Gasteiger partial charge is 0.496 e. The molecule has 14 heavy (non-hydrogen) atoms. The topological polar surface area (TPSA) is 52.3 Å². The van der Waals surface area contributed by atoms with Gasteiger partial charge in [-0.05, 0) is 37.6 Å². The Morgan fingerprint density at radius 2 is 2.21 bits per heavy atom. The minimum Gasteiger partial charge on any atom is -0.496 e. The molecule has 0 radical (unpaired) electrons. The fraction of sp³-hybridized carbons (Fsp3) is 0.364. The van der Waals surface area contributed by atoms with E-state index in [2.05, 4.69) is 0 Å². The Hall–Kier alpha value is -1.35. The summed E-state index contributed by atoms with van der Waals surface area (Å²) in [6, 6.07) is 5.58. The van der Waals surface area contributed by atoms with Crippen molar-refractivity contribution in [2.75, 3.05) is 13.7 Å². The molecule has 3 nitrogen and oxygen atoms in total. The molecule has 0 fully saturated rings. The lowest BCUT2D eigenvalue weighted by Crippen LogP contribution is -2.04. The summed E-state index contributed by atoms with van der Waals surface area (Å²) in [4.78, 5) is 11.3. The van der Waals surface area contributed by atoms with Crippen molar-refractivity contribution in [2.45, 2.75) is 13.3 Å². The third kappa shape index (κ3) is 2.33. The average molecular weight is 193 g/mol. The summed E-state index contributed by atoms with van der Waals surface area (Å²) >= 11 is 0. The number of rotatable bonds is 4. The highest BCUT2D eigenvalue weighted by molar-refractivity contribution is 5.97. The molecule has 1 aromatic rings. The molecule has 0 aliphatic carbocycles. The monoisotopic (exact) mass is 193 g/mol. The number of methoxy groups -OCH3 is 1. The normalized spacial score (nSPS) is 9.93. The van der Waals surface area contributed by atoms with Crippen LogP contribution in [0.25, 0.3) is 0 Å². The van der Waals surface area contributed by atoms with E-state index < -0.39 is 0 Å². The van der Waals surface area contributed by atoms with E-state index in [4.69, 9.17) is 10.5 Å². The van der Waals surface area contributed by atoms with E-state index in [0.29, 0.717) is 17.9 Å². The third-order valence-corrected chi connectivity index (χ3v) is 2.08. The van der Waals surface area contributed by atoms with Crippen LogP contribution in [0.2, 0.25) is 0 Å². The van der Waals surface area contributed by atoms with Gasteiger partial charge in [0.1, 0.15) is 5.75 Å².